The molecule has 0 spiro atoms. The van der Waals surface area contributed by atoms with Gasteiger partial charge in [0.25, 0.3) is 0 Å². The predicted octanol–water partition coefficient (Wildman–Crippen LogP) is 0.859. The zero-order valence-electron chi connectivity index (χ0n) is 4.48. The van der Waals surface area contributed by atoms with Gasteiger partial charge in [-0.3, -0.25) is 0 Å². The second-order valence-electron chi connectivity index (χ2n) is 1.18. The molecule has 1 radical (unpaired) electrons. The Hall–Kier alpha value is -0.480. The first-order valence-corrected chi connectivity index (χ1v) is 2.13. The Morgan fingerprint density at radius 1 is 2.00 bits per heavy atom. The maximum absolute atomic E-state index is 4.98. The molecule has 7 heavy (non-hydrogen) atoms. The molecular formula is C6H9O. The van der Waals surface area contributed by atoms with Gasteiger partial charge in [0.1, 0.15) is 6.10 Å². The molecule has 0 amide bonds. The van der Waals surface area contributed by atoms with E-state index in [2.05, 4.69) is 12.8 Å². The van der Waals surface area contributed by atoms with E-state index in [1.807, 2.05) is 0 Å². The monoisotopic (exact) mass is 97.1 g/mol. The minimum Gasteiger partial charge on any atom is -0.369 e. The van der Waals surface area contributed by atoms with Crippen LogP contribution in [0.3, 0.4) is 0 Å². The molecule has 1 atom stereocenters. The van der Waals surface area contributed by atoms with Gasteiger partial charge in [-0.05, 0) is 13.3 Å². The van der Waals surface area contributed by atoms with Crippen molar-refractivity contribution in [2.24, 2.45) is 0 Å². The zero-order valence-corrected chi connectivity index (χ0v) is 4.48. The highest BCUT2D eigenvalue weighted by Crippen LogP contribution is 1.89. The Labute approximate surface area is 44.7 Å². The molecule has 0 rings (SSSR count). The van der Waals surface area contributed by atoms with Gasteiger partial charge in [0.2, 0.25) is 0 Å². The maximum atomic E-state index is 4.98. The fourth-order valence-corrected chi connectivity index (χ4v) is 0.269. The van der Waals surface area contributed by atoms with Crippen LogP contribution in [0.15, 0.2) is 0 Å². The van der Waals surface area contributed by atoms with Crippen molar-refractivity contribution in [1.29, 1.82) is 0 Å². The van der Waals surface area contributed by atoms with Crippen LogP contribution in [-0.4, -0.2) is 13.2 Å². The van der Waals surface area contributed by atoms with Crippen molar-refractivity contribution in [3.05, 3.63) is 6.92 Å². The molecule has 0 saturated heterocycles. The smallest absolute Gasteiger partial charge is 0.117 e. The van der Waals surface area contributed by atoms with Crippen LogP contribution in [0.4, 0.5) is 0 Å². The Bertz CT molecular complexity index is 66.7. The highest BCUT2D eigenvalue weighted by molar-refractivity contribution is 4.94. The fraction of sp³-hybridized carbons (Fsp3) is 0.500. The minimum atomic E-state index is -0.0972. The normalized spacial score (nSPS) is 12.7. The van der Waals surface area contributed by atoms with Crippen LogP contribution in [0, 0.1) is 19.3 Å². The van der Waals surface area contributed by atoms with Gasteiger partial charge < -0.3 is 4.74 Å². The summed E-state index contributed by atoms with van der Waals surface area (Å²) in [4.78, 5) is 0. The standard InChI is InChI=1S/C6H9O/c1-4-6(5-2)7-3/h1,6H,2,5H2,3H3. The number of terminal acetylenes is 1. The Morgan fingerprint density at radius 2 is 2.57 bits per heavy atom. The summed E-state index contributed by atoms with van der Waals surface area (Å²) in [6, 6.07) is 0. The quantitative estimate of drug-likeness (QED) is 0.464. The van der Waals surface area contributed by atoms with E-state index in [4.69, 9.17) is 11.2 Å². The van der Waals surface area contributed by atoms with Crippen molar-refractivity contribution >= 4 is 0 Å². The van der Waals surface area contributed by atoms with Crippen LogP contribution >= 0.6 is 0 Å². The molecule has 1 heteroatoms. The summed E-state index contributed by atoms with van der Waals surface area (Å²) in [6.45, 7) is 3.56. The third kappa shape index (κ3) is 2.24. The van der Waals surface area contributed by atoms with E-state index in [0.29, 0.717) is 6.42 Å². The maximum Gasteiger partial charge on any atom is 0.117 e. The number of hydrogen-bond acceptors (Lipinski definition) is 1. The molecule has 0 aliphatic rings. The van der Waals surface area contributed by atoms with Crippen molar-refractivity contribution in [2.45, 2.75) is 12.5 Å². The summed E-state index contributed by atoms with van der Waals surface area (Å²) in [5.74, 6) is 2.42. The molecule has 1 nitrogen and oxygen atoms in total. The Balaban J connectivity index is 3.23. The van der Waals surface area contributed by atoms with E-state index in [1.54, 1.807) is 7.11 Å². The van der Waals surface area contributed by atoms with E-state index < -0.39 is 0 Å². The zero-order chi connectivity index (χ0) is 5.70. The Kier molecular flexibility index (Phi) is 3.45. The van der Waals surface area contributed by atoms with E-state index in [-0.39, 0.29) is 6.10 Å². The van der Waals surface area contributed by atoms with Gasteiger partial charge in [0, 0.05) is 7.11 Å². The second kappa shape index (κ2) is 3.70. The molecular weight excluding hydrogens is 88.1 g/mol. The molecule has 1 unspecified atom stereocenters. The average Bonchev–Trinajstić information content (AvgIpc) is 1.72. The lowest BCUT2D eigenvalue weighted by molar-refractivity contribution is 0.150. The van der Waals surface area contributed by atoms with Crippen LogP contribution in [-0.2, 0) is 4.74 Å². The SMILES string of the molecule is C#CC(C[CH2])OC. The number of methoxy groups -OCH3 is 1. The van der Waals surface area contributed by atoms with Crippen LogP contribution in [0.25, 0.3) is 0 Å². The third-order valence-corrected chi connectivity index (χ3v) is 0.733. The lowest BCUT2D eigenvalue weighted by Gasteiger charge is -2.00. The van der Waals surface area contributed by atoms with Crippen molar-refractivity contribution < 1.29 is 4.74 Å². The van der Waals surface area contributed by atoms with Crippen molar-refractivity contribution in [3.8, 4) is 12.3 Å². The number of rotatable bonds is 2. The van der Waals surface area contributed by atoms with Crippen LogP contribution in [0.5, 0.6) is 0 Å². The molecule has 0 aromatic rings. The topological polar surface area (TPSA) is 9.23 Å². The molecule has 0 fully saturated rings. The molecule has 0 aliphatic heterocycles. The lowest BCUT2D eigenvalue weighted by atomic mass is 10.3. The summed E-state index contributed by atoms with van der Waals surface area (Å²) in [5, 5.41) is 0. The van der Waals surface area contributed by atoms with Gasteiger partial charge in [-0.2, -0.15) is 0 Å². The molecule has 39 valence electrons. The van der Waals surface area contributed by atoms with Crippen molar-refractivity contribution in [2.75, 3.05) is 7.11 Å². The molecule has 0 heterocycles. The van der Waals surface area contributed by atoms with E-state index in [0.717, 1.165) is 0 Å². The van der Waals surface area contributed by atoms with Crippen LogP contribution < -0.4 is 0 Å². The summed E-state index contributed by atoms with van der Waals surface area (Å²) in [7, 11) is 1.58. The molecule has 0 aliphatic carbocycles. The summed E-state index contributed by atoms with van der Waals surface area (Å²) < 4.78 is 4.75. The van der Waals surface area contributed by atoms with E-state index in [1.165, 1.54) is 0 Å². The largest absolute Gasteiger partial charge is 0.369 e. The first-order valence-electron chi connectivity index (χ1n) is 2.13. The predicted molar refractivity (Wildman–Crippen MR) is 29.6 cm³/mol. The van der Waals surface area contributed by atoms with Gasteiger partial charge >= 0.3 is 0 Å². The molecule has 0 aromatic heterocycles. The lowest BCUT2D eigenvalue weighted by Crippen LogP contribution is -2.03. The van der Waals surface area contributed by atoms with Gasteiger partial charge in [-0.1, -0.05) is 5.92 Å². The molecule has 0 bridgehead atoms. The van der Waals surface area contributed by atoms with Gasteiger partial charge in [0.05, 0.1) is 0 Å². The van der Waals surface area contributed by atoms with Crippen LogP contribution in [0.1, 0.15) is 6.42 Å². The fourth-order valence-electron chi connectivity index (χ4n) is 0.269. The van der Waals surface area contributed by atoms with Gasteiger partial charge in [-0.25, -0.2) is 0 Å². The van der Waals surface area contributed by atoms with E-state index >= 15 is 0 Å². The molecule has 0 N–H and O–H groups in total. The minimum absolute atomic E-state index is 0.0972. The molecule has 0 saturated carbocycles. The van der Waals surface area contributed by atoms with Crippen molar-refractivity contribution in [1.82, 2.24) is 0 Å². The third-order valence-electron chi connectivity index (χ3n) is 0.733. The highest BCUT2D eigenvalue weighted by atomic mass is 16.5. The second-order valence-corrected chi connectivity index (χ2v) is 1.18. The summed E-state index contributed by atoms with van der Waals surface area (Å²) >= 11 is 0. The van der Waals surface area contributed by atoms with Gasteiger partial charge in [-0.15, -0.1) is 6.42 Å². The molecule has 0 aromatic carbocycles. The Morgan fingerprint density at radius 3 is 2.57 bits per heavy atom. The first kappa shape index (κ1) is 6.52. The van der Waals surface area contributed by atoms with Crippen molar-refractivity contribution in [3.63, 3.8) is 0 Å². The van der Waals surface area contributed by atoms with Crippen LogP contribution in [0.2, 0.25) is 0 Å². The summed E-state index contributed by atoms with van der Waals surface area (Å²) in [6.07, 6.45) is 5.53. The first-order chi connectivity index (χ1) is 3.35. The van der Waals surface area contributed by atoms with E-state index in [9.17, 15) is 0 Å². The number of hydrogen-bond donors (Lipinski definition) is 0. The van der Waals surface area contributed by atoms with Gasteiger partial charge in [0.15, 0.2) is 0 Å². The summed E-state index contributed by atoms with van der Waals surface area (Å²) in [5.41, 5.74) is 0. The average molecular weight is 97.1 g/mol. The highest BCUT2D eigenvalue weighted by Gasteiger charge is 1.93. The number of ether oxygens (including phenoxy) is 1.